The molecule has 0 atom stereocenters. The molecule has 0 N–H and O–H groups in total. The molecule has 0 aromatic heterocycles. The molecule has 10 heavy (non-hydrogen) atoms. The molecule has 1 nitrogen and oxygen atoms in total. The molecule has 2 aliphatic carbocycles. The van der Waals surface area contributed by atoms with E-state index in [1.807, 2.05) is 0 Å². The molecule has 0 aromatic carbocycles. The van der Waals surface area contributed by atoms with Gasteiger partial charge < -0.3 is 0 Å². The van der Waals surface area contributed by atoms with E-state index in [-0.39, 0.29) is 0 Å². The van der Waals surface area contributed by atoms with Crippen LogP contribution < -0.4 is 5.32 Å². The molecule has 2 rings (SSSR count). The van der Waals surface area contributed by atoms with Crippen LogP contribution in [0.4, 0.5) is 0 Å². The summed E-state index contributed by atoms with van der Waals surface area (Å²) >= 11 is 0. The maximum absolute atomic E-state index is 4.69. The maximum Gasteiger partial charge on any atom is 0.0246 e. The van der Waals surface area contributed by atoms with Gasteiger partial charge in [-0.25, -0.2) is 5.32 Å². The Morgan fingerprint density at radius 1 is 1.00 bits per heavy atom. The number of nitrogens with zero attached hydrogens (tertiary/aromatic N) is 1. The lowest BCUT2D eigenvalue weighted by Gasteiger charge is -2.07. The summed E-state index contributed by atoms with van der Waals surface area (Å²) in [6.07, 6.45) is 8.53. The normalized spacial score (nSPS) is 27.6. The Hall–Kier alpha value is -0.0400. The molecule has 0 spiro atoms. The smallest absolute Gasteiger partial charge is 0.0246 e. The first-order valence-electron chi connectivity index (χ1n) is 4.62. The minimum atomic E-state index is 0.764. The van der Waals surface area contributed by atoms with Gasteiger partial charge in [0.05, 0.1) is 0 Å². The van der Waals surface area contributed by atoms with Gasteiger partial charge in [-0.2, -0.15) is 0 Å². The highest BCUT2D eigenvalue weighted by molar-refractivity contribution is 4.79. The molecule has 0 saturated heterocycles. The lowest BCUT2D eigenvalue weighted by atomic mass is 10.2. The third kappa shape index (κ3) is 1.72. The van der Waals surface area contributed by atoms with Gasteiger partial charge in [-0.15, -0.1) is 0 Å². The monoisotopic (exact) mass is 138 g/mol. The van der Waals surface area contributed by atoms with Crippen molar-refractivity contribution in [1.29, 1.82) is 0 Å². The van der Waals surface area contributed by atoms with Crippen LogP contribution in [0.1, 0.15) is 38.5 Å². The van der Waals surface area contributed by atoms with Crippen molar-refractivity contribution in [2.75, 3.05) is 6.54 Å². The van der Waals surface area contributed by atoms with Crippen LogP contribution in [0.15, 0.2) is 0 Å². The van der Waals surface area contributed by atoms with E-state index >= 15 is 0 Å². The predicted molar refractivity (Wildman–Crippen MR) is 42.0 cm³/mol. The number of rotatable bonds is 3. The van der Waals surface area contributed by atoms with Crippen LogP contribution in [0.25, 0.3) is 0 Å². The van der Waals surface area contributed by atoms with Crippen LogP contribution in [0.5, 0.6) is 0 Å². The highest BCUT2D eigenvalue weighted by Crippen LogP contribution is 2.29. The van der Waals surface area contributed by atoms with Crippen LogP contribution in [0.2, 0.25) is 0 Å². The minimum absolute atomic E-state index is 0.764. The van der Waals surface area contributed by atoms with E-state index in [1.54, 1.807) is 0 Å². The zero-order valence-corrected chi connectivity index (χ0v) is 6.55. The van der Waals surface area contributed by atoms with Gasteiger partial charge in [0.25, 0.3) is 0 Å². The molecule has 0 bridgehead atoms. The summed E-state index contributed by atoms with van der Waals surface area (Å²) in [5, 5.41) is 4.69. The fourth-order valence-electron chi connectivity index (χ4n) is 1.69. The lowest BCUT2D eigenvalue weighted by Crippen LogP contribution is -2.20. The third-order valence-electron chi connectivity index (χ3n) is 2.64. The second-order valence-electron chi connectivity index (χ2n) is 3.75. The molecule has 0 amide bonds. The highest BCUT2D eigenvalue weighted by Gasteiger charge is 2.24. The lowest BCUT2D eigenvalue weighted by molar-refractivity contribution is 0.496. The van der Waals surface area contributed by atoms with Gasteiger partial charge in [-0.1, -0.05) is 12.8 Å². The second kappa shape index (κ2) is 2.91. The number of hydrogen-bond acceptors (Lipinski definition) is 0. The van der Waals surface area contributed by atoms with Crippen LogP contribution in [0.3, 0.4) is 0 Å². The molecule has 0 aromatic rings. The predicted octanol–water partition coefficient (Wildman–Crippen LogP) is 1.94. The Bertz CT molecular complexity index is 101. The Labute approximate surface area is 63.2 Å². The van der Waals surface area contributed by atoms with Crippen LogP contribution in [0, 0.1) is 5.92 Å². The quantitative estimate of drug-likeness (QED) is 0.566. The van der Waals surface area contributed by atoms with Gasteiger partial charge in [-0.05, 0) is 31.6 Å². The molecule has 0 unspecified atom stereocenters. The summed E-state index contributed by atoms with van der Waals surface area (Å²) in [4.78, 5) is 0. The molecule has 2 aliphatic rings. The highest BCUT2D eigenvalue weighted by atomic mass is 14.9. The Morgan fingerprint density at radius 2 is 1.70 bits per heavy atom. The van der Waals surface area contributed by atoms with Crippen LogP contribution >= 0.6 is 0 Å². The van der Waals surface area contributed by atoms with Gasteiger partial charge in [-0.3, -0.25) is 0 Å². The largest absolute Gasteiger partial charge is 0.238 e. The molecule has 2 saturated carbocycles. The van der Waals surface area contributed by atoms with Crippen molar-refractivity contribution in [2.24, 2.45) is 5.92 Å². The molecular formula is C9H16N. The van der Waals surface area contributed by atoms with Gasteiger partial charge in [0.15, 0.2) is 0 Å². The van der Waals surface area contributed by atoms with Gasteiger partial charge >= 0.3 is 0 Å². The first kappa shape index (κ1) is 6.66. The second-order valence-corrected chi connectivity index (χ2v) is 3.75. The van der Waals surface area contributed by atoms with Crippen molar-refractivity contribution in [2.45, 2.75) is 44.6 Å². The third-order valence-corrected chi connectivity index (χ3v) is 2.64. The zero-order chi connectivity index (χ0) is 6.81. The fourth-order valence-corrected chi connectivity index (χ4v) is 1.69. The van der Waals surface area contributed by atoms with Crippen molar-refractivity contribution in [3.8, 4) is 0 Å². The van der Waals surface area contributed by atoms with Gasteiger partial charge in [0.1, 0.15) is 0 Å². The average Bonchev–Trinajstić information content (AvgIpc) is 2.63. The summed E-state index contributed by atoms with van der Waals surface area (Å²) in [5.41, 5.74) is 0. The molecule has 57 valence electrons. The van der Waals surface area contributed by atoms with Gasteiger partial charge in [0.2, 0.25) is 0 Å². The average molecular weight is 138 g/mol. The summed E-state index contributed by atoms with van der Waals surface area (Å²) in [6.45, 7) is 1.19. The van der Waals surface area contributed by atoms with E-state index < -0.39 is 0 Å². The zero-order valence-electron chi connectivity index (χ0n) is 6.55. The van der Waals surface area contributed by atoms with Crippen molar-refractivity contribution >= 4 is 0 Å². The summed E-state index contributed by atoms with van der Waals surface area (Å²) in [6, 6.07) is 0.764. The summed E-state index contributed by atoms with van der Waals surface area (Å²) < 4.78 is 0. The molecule has 1 heteroatoms. The molecule has 0 heterocycles. The Kier molecular flexibility index (Phi) is 1.94. The standard InChI is InChI=1S/C9H16N/c1-2-4-9(3-1)10-7-8-5-6-8/h8-9H,1-7H2. The van der Waals surface area contributed by atoms with E-state index in [9.17, 15) is 0 Å². The maximum atomic E-state index is 4.69. The van der Waals surface area contributed by atoms with E-state index in [1.165, 1.54) is 45.1 Å². The number of hydrogen-bond donors (Lipinski definition) is 0. The molecule has 2 fully saturated rings. The van der Waals surface area contributed by atoms with E-state index in [0.717, 1.165) is 12.0 Å². The first-order valence-corrected chi connectivity index (χ1v) is 4.62. The molecule has 0 aliphatic heterocycles. The van der Waals surface area contributed by atoms with Crippen LogP contribution in [-0.2, 0) is 0 Å². The van der Waals surface area contributed by atoms with Crippen molar-refractivity contribution in [3.63, 3.8) is 0 Å². The molecule has 1 radical (unpaired) electrons. The summed E-state index contributed by atoms with van der Waals surface area (Å²) in [7, 11) is 0. The minimum Gasteiger partial charge on any atom is -0.238 e. The van der Waals surface area contributed by atoms with E-state index in [4.69, 9.17) is 0 Å². The molecular weight excluding hydrogens is 122 g/mol. The summed E-state index contributed by atoms with van der Waals surface area (Å²) in [5.74, 6) is 1.00. The van der Waals surface area contributed by atoms with Crippen LogP contribution in [-0.4, -0.2) is 12.6 Å². The first-order chi connectivity index (χ1) is 4.95. The van der Waals surface area contributed by atoms with Gasteiger partial charge in [0, 0.05) is 12.6 Å². The van der Waals surface area contributed by atoms with Crippen molar-refractivity contribution in [3.05, 3.63) is 0 Å². The SMILES string of the molecule is C1CCC([N]CC2CC2)C1. The fraction of sp³-hybridized carbons (Fsp3) is 1.00. The van der Waals surface area contributed by atoms with Crippen molar-refractivity contribution < 1.29 is 0 Å². The van der Waals surface area contributed by atoms with Crippen molar-refractivity contribution in [1.82, 2.24) is 5.32 Å². The Morgan fingerprint density at radius 3 is 2.30 bits per heavy atom. The van der Waals surface area contributed by atoms with E-state index in [2.05, 4.69) is 5.32 Å². The topological polar surface area (TPSA) is 14.1 Å². The Balaban J connectivity index is 1.59. The van der Waals surface area contributed by atoms with E-state index in [0.29, 0.717) is 0 Å².